The Labute approximate surface area is 243 Å². The van der Waals surface area contributed by atoms with Gasteiger partial charge in [0, 0.05) is 37.8 Å². The van der Waals surface area contributed by atoms with Crippen LogP contribution in [-0.2, 0) is 40.3 Å². The number of amides is 2. The minimum Gasteiger partial charge on any atom is -0.456 e. The van der Waals surface area contributed by atoms with Crippen LogP contribution in [0.5, 0.6) is 11.5 Å². The minimum atomic E-state index is -0.315. The number of aryl methyl sites for hydroxylation is 2. The second-order valence-corrected chi connectivity index (χ2v) is 11.9. The third-order valence-electron chi connectivity index (χ3n) is 7.68. The lowest BCUT2D eigenvalue weighted by Crippen LogP contribution is -2.49. The van der Waals surface area contributed by atoms with Crippen molar-refractivity contribution >= 4 is 23.2 Å². The maximum Gasteiger partial charge on any atom is 0.256 e. The summed E-state index contributed by atoms with van der Waals surface area (Å²) in [5.74, 6) is 0.512. The summed E-state index contributed by atoms with van der Waals surface area (Å²) in [6, 6.07) is 9.10. The number of carbonyl (C=O) groups excluding carboxylic acids is 2. The Kier molecular flexibility index (Phi) is 8.56. The summed E-state index contributed by atoms with van der Waals surface area (Å²) in [7, 11) is 1.57. The number of hydrogen-bond acceptors (Lipinski definition) is 9. The van der Waals surface area contributed by atoms with Crippen LogP contribution in [0, 0.1) is 0 Å². The maximum atomic E-state index is 13.5. The molecular formula is C30H35N5O5S. The van der Waals surface area contributed by atoms with E-state index in [0.717, 1.165) is 30.0 Å². The van der Waals surface area contributed by atoms with Gasteiger partial charge in [-0.3, -0.25) is 19.5 Å². The highest BCUT2D eigenvalue weighted by Crippen LogP contribution is 2.29. The van der Waals surface area contributed by atoms with Gasteiger partial charge in [0.05, 0.1) is 55.9 Å². The molecule has 11 heteroatoms. The van der Waals surface area contributed by atoms with Crippen molar-refractivity contribution in [3.05, 3.63) is 69.4 Å². The van der Waals surface area contributed by atoms with Crippen molar-refractivity contribution in [2.24, 2.45) is 0 Å². The number of thiazole rings is 1. The van der Waals surface area contributed by atoms with Crippen LogP contribution in [-0.4, -0.2) is 83.6 Å². The molecule has 216 valence electrons. The smallest absolute Gasteiger partial charge is 0.256 e. The van der Waals surface area contributed by atoms with E-state index in [1.165, 1.54) is 34.5 Å². The van der Waals surface area contributed by atoms with E-state index in [1.807, 2.05) is 35.6 Å². The van der Waals surface area contributed by atoms with Crippen molar-refractivity contribution in [3.63, 3.8) is 0 Å². The van der Waals surface area contributed by atoms with Crippen molar-refractivity contribution in [2.45, 2.75) is 51.0 Å². The quantitative estimate of drug-likeness (QED) is 0.493. The number of methoxy groups -OCH3 is 1. The molecule has 1 saturated heterocycles. The molecule has 41 heavy (non-hydrogen) atoms. The molecule has 4 heterocycles. The third-order valence-corrected chi connectivity index (χ3v) is 8.82. The van der Waals surface area contributed by atoms with Gasteiger partial charge in [0.2, 0.25) is 5.91 Å². The van der Waals surface area contributed by atoms with Gasteiger partial charge in [-0.2, -0.15) is 0 Å². The topological polar surface area (TPSA) is 106 Å². The van der Waals surface area contributed by atoms with Crippen LogP contribution in [0.15, 0.2) is 42.7 Å². The number of ether oxygens (including phenoxy) is 3. The van der Waals surface area contributed by atoms with Crippen molar-refractivity contribution in [2.75, 3.05) is 39.9 Å². The van der Waals surface area contributed by atoms with E-state index < -0.39 is 0 Å². The lowest BCUT2D eigenvalue weighted by atomic mass is 10.0. The molecule has 2 amide bonds. The summed E-state index contributed by atoms with van der Waals surface area (Å²) in [5, 5.41) is 4.29. The Bertz CT molecular complexity index is 1370. The summed E-state index contributed by atoms with van der Waals surface area (Å²) in [4.78, 5) is 41.1. The van der Waals surface area contributed by atoms with Gasteiger partial charge in [0.1, 0.15) is 16.5 Å². The molecule has 0 spiro atoms. The zero-order valence-corrected chi connectivity index (χ0v) is 24.0. The fourth-order valence-corrected chi connectivity index (χ4v) is 6.84. The van der Waals surface area contributed by atoms with Crippen molar-refractivity contribution in [1.29, 1.82) is 0 Å². The highest BCUT2D eigenvalue weighted by Gasteiger charge is 2.36. The first-order chi connectivity index (χ1) is 20.0. The van der Waals surface area contributed by atoms with Crippen LogP contribution in [0.1, 0.15) is 44.3 Å². The molecule has 4 bridgehead atoms. The molecule has 3 aliphatic rings. The predicted octanol–water partition coefficient (Wildman–Crippen LogP) is 3.20. The summed E-state index contributed by atoms with van der Waals surface area (Å²) in [6.45, 7) is 2.89. The van der Waals surface area contributed by atoms with E-state index in [0.29, 0.717) is 43.4 Å². The standard InChI is InChI=1S/C30H35N5O5S/c1-38-10-9-35-17-28(36)32-25-15-34(18-29-33-24-7-2-3-8-27(24)41-29)16-26(25)39-19-20-5-4-6-22(11-20)40-23-12-21(30(35)37)13-31-14-23/h4-6,11-14,25-26H,2-3,7-10,15-19H2,1H3,(H,32,36)/t25-,26-/m0/s1. The first kappa shape index (κ1) is 27.8. The Morgan fingerprint density at radius 3 is 2.90 bits per heavy atom. The molecule has 0 saturated carbocycles. The van der Waals surface area contributed by atoms with Crippen molar-refractivity contribution in [3.8, 4) is 11.5 Å². The van der Waals surface area contributed by atoms with Gasteiger partial charge in [-0.15, -0.1) is 11.3 Å². The van der Waals surface area contributed by atoms with Crippen molar-refractivity contribution < 1.29 is 23.8 Å². The van der Waals surface area contributed by atoms with Gasteiger partial charge in [-0.1, -0.05) is 12.1 Å². The van der Waals surface area contributed by atoms with Crippen LogP contribution >= 0.6 is 11.3 Å². The molecule has 2 atom stereocenters. The molecule has 1 fully saturated rings. The van der Waals surface area contributed by atoms with Crippen LogP contribution in [0.2, 0.25) is 0 Å². The van der Waals surface area contributed by atoms with E-state index in [2.05, 4.69) is 15.2 Å². The van der Waals surface area contributed by atoms with Gasteiger partial charge in [-0.25, -0.2) is 4.98 Å². The largest absolute Gasteiger partial charge is 0.456 e. The second kappa shape index (κ2) is 12.6. The third kappa shape index (κ3) is 6.75. The van der Waals surface area contributed by atoms with E-state index in [9.17, 15) is 9.59 Å². The minimum absolute atomic E-state index is 0.102. The molecule has 0 unspecified atom stereocenters. The van der Waals surface area contributed by atoms with Gasteiger partial charge in [-0.05, 0) is 49.4 Å². The fourth-order valence-electron chi connectivity index (χ4n) is 5.64. The summed E-state index contributed by atoms with van der Waals surface area (Å²) >= 11 is 1.82. The average Bonchev–Trinajstić information content (AvgIpc) is 3.56. The van der Waals surface area contributed by atoms with E-state index in [1.54, 1.807) is 19.4 Å². The molecule has 2 aromatic heterocycles. The Hall–Kier alpha value is -3.38. The van der Waals surface area contributed by atoms with Gasteiger partial charge in [0.25, 0.3) is 5.91 Å². The average molecular weight is 578 g/mol. The summed E-state index contributed by atoms with van der Waals surface area (Å²) in [5.41, 5.74) is 2.56. The van der Waals surface area contributed by atoms with E-state index >= 15 is 0 Å². The molecule has 1 aromatic carbocycles. The number of nitrogens with one attached hydrogen (secondary N) is 1. The maximum absolute atomic E-state index is 13.5. The molecule has 1 N–H and O–H groups in total. The van der Waals surface area contributed by atoms with Crippen LogP contribution in [0.4, 0.5) is 0 Å². The first-order valence-corrected chi connectivity index (χ1v) is 15.0. The van der Waals surface area contributed by atoms with Crippen LogP contribution in [0.3, 0.4) is 0 Å². The lowest BCUT2D eigenvalue weighted by molar-refractivity contribution is -0.123. The van der Waals surface area contributed by atoms with Gasteiger partial charge >= 0.3 is 0 Å². The molecule has 1 aliphatic carbocycles. The normalized spacial score (nSPS) is 21.6. The second-order valence-electron chi connectivity index (χ2n) is 10.8. The molecule has 2 aliphatic heterocycles. The monoisotopic (exact) mass is 577 g/mol. The number of nitrogens with zero attached hydrogens (tertiary/aromatic N) is 4. The number of fused-ring (bicyclic) bond motifs is 6. The Morgan fingerprint density at radius 1 is 1.12 bits per heavy atom. The molecule has 10 nitrogen and oxygen atoms in total. The highest BCUT2D eigenvalue weighted by molar-refractivity contribution is 7.11. The van der Waals surface area contributed by atoms with Gasteiger partial charge < -0.3 is 24.4 Å². The highest BCUT2D eigenvalue weighted by atomic mass is 32.1. The Morgan fingerprint density at radius 2 is 2.02 bits per heavy atom. The molecular weight excluding hydrogens is 542 g/mol. The van der Waals surface area contributed by atoms with Gasteiger partial charge in [0.15, 0.2) is 0 Å². The summed E-state index contributed by atoms with van der Waals surface area (Å²) < 4.78 is 17.7. The zero-order chi connectivity index (χ0) is 28.2. The number of likely N-dealkylation sites (tertiary alicyclic amines) is 1. The first-order valence-electron chi connectivity index (χ1n) is 14.1. The fraction of sp³-hybridized carbons (Fsp3) is 0.467. The predicted molar refractivity (Wildman–Crippen MR) is 153 cm³/mol. The lowest BCUT2D eigenvalue weighted by Gasteiger charge is -2.25. The number of hydrogen-bond donors (Lipinski definition) is 1. The number of rotatable bonds is 5. The van der Waals surface area contributed by atoms with E-state index in [-0.39, 0.29) is 37.0 Å². The Balaban J connectivity index is 1.24. The summed E-state index contributed by atoms with van der Waals surface area (Å²) in [6.07, 6.45) is 7.47. The van der Waals surface area contributed by atoms with Crippen molar-refractivity contribution in [1.82, 2.24) is 25.1 Å². The number of aromatic nitrogens is 2. The van der Waals surface area contributed by atoms with Crippen LogP contribution < -0.4 is 10.1 Å². The SMILES string of the molecule is COCCN1CC(=O)N[C@H]2CN(Cc3nc4c(s3)CCCC4)C[C@@H]2OCc2cccc(c2)Oc2cncc(c2)C1=O. The van der Waals surface area contributed by atoms with E-state index in [4.69, 9.17) is 19.2 Å². The number of pyridine rings is 1. The number of benzene rings is 1. The number of carbonyl (C=O) groups is 2. The molecule has 6 rings (SSSR count). The van der Waals surface area contributed by atoms with Crippen LogP contribution in [0.25, 0.3) is 0 Å². The zero-order valence-electron chi connectivity index (χ0n) is 23.2. The molecule has 0 radical (unpaired) electrons. The molecule has 3 aromatic rings.